The number of carbonyl (C=O) groups is 1. The van der Waals surface area contributed by atoms with Crippen molar-refractivity contribution in [1.82, 2.24) is 9.80 Å². The van der Waals surface area contributed by atoms with Crippen LogP contribution in [0.5, 0.6) is 0 Å². The summed E-state index contributed by atoms with van der Waals surface area (Å²) in [6, 6.07) is 0. The predicted molar refractivity (Wildman–Crippen MR) is 40.7 cm³/mol. The average Bonchev–Trinajstić information content (AvgIpc) is 2.18. The maximum atomic E-state index is 10.4. The Kier molecular flexibility index (Phi) is 2.03. The van der Waals surface area contributed by atoms with Crippen molar-refractivity contribution in [2.45, 2.75) is 12.6 Å². The maximum Gasteiger partial charge on any atom is 0.307 e. The smallest absolute Gasteiger partial charge is 0.307 e. The molecule has 0 aromatic heterocycles. The minimum Gasteiger partial charge on any atom is -0.481 e. The molecule has 4 nitrogen and oxygen atoms in total. The monoisotopic (exact) mass is 156 g/mol. The molecule has 4 heteroatoms. The molecule has 0 saturated heterocycles. The second-order valence-corrected chi connectivity index (χ2v) is 2.71. The van der Waals surface area contributed by atoms with Crippen LogP contribution in [0.3, 0.4) is 0 Å². The van der Waals surface area contributed by atoms with Crippen LogP contribution in [-0.2, 0) is 4.79 Å². The minimum atomic E-state index is -0.766. The summed E-state index contributed by atoms with van der Waals surface area (Å²) in [6.07, 6.45) is 3.87. The molecule has 1 heterocycles. The highest BCUT2D eigenvalue weighted by atomic mass is 16.4. The lowest BCUT2D eigenvalue weighted by Gasteiger charge is -2.25. The molecule has 1 rings (SSSR count). The number of hydrogen-bond acceptors (Lipinski definition) is 3. The maximum absolute atomic E-state index is 10.4. The highest BCUT2D eigenvalue weighted by Crippen LogP contribution is 2.13. The van der Waals surface area contributed by atoms with E-state index in [0.717, 1.165) is 0 Å². The van der Waals surface area contributed by atoms with Crippen LogP contribution in [0.25, 0.3) is 0 Å². The zero-order valence-electron chi connectivity index (χ0n) is 6.69. The van der Waals surface area contributed by atoms with Gasteiger partial charge in [-0.1, -0.05) is 0 Å². The molecular weight excluding hydrogens is 144 g/mol. The SMILES string of the molecule is CN1C=CN(C)C1CC(=O)O. The number of aliphatic carboxylic acids is 1. The summed E-state index contributed by atoms with van der Waals surface area (Å²) in [6.45, 7) is 0. The Hall–Kier alpha value is -1.19. The largest absolute Gasteiger partial charge is 0.481 e. The second kappa shape index (κ2) is 2.82. The molecule has 11 heavy (non-hydrogen) atoms. The van der Waals surface area contributed by atoms with Crippen molar-refractivity contribution in [3.8, 4) is 0 Å². The third-order valence-corrected chi connectivity index (χ3v) is 1.83. The van der Waals surface area contributed by atoms with Crippen molar-refractivity contribution >= 4 is 5.97 Å². The van der Waals surface area contributed by atoms with Gasteiger partial charge in [-0.05, 0) is 0 Å². The molecule has 1 aliphatic heterocycles. The standard InChI is InChI=1S/C7H12N2O2/c1-8-3-4-9(2)6(8)5-7(10)11/h3-4,6H,5H2,1-2H3,(H,10,11). The number of nitrogens with zero attached hydrogens (tertiary/aromatic N) is 2. The van der Waals surface area contributed by atoms with Crippen LogP contribution >= 0.6 is 0 Å². The summed E-state index contributed by atoms with van der Waals surface area (Å²) in [5.41, 5.74) is 0. The molecule has 62 valence electrons. The first-order chi connectivity index (χ1) is 5.11. The Morgan fingerprint density at radius 3 is 2.27 bits per heavy atom. The number of hydrogen-bond donors (Lipinski definition) is 1. The fourth-order valence-corrected chi connectivity index (χ4v) is 1.14. The van der Waals surface area contributed by atoms with E-state index in [9.17, 15) is 4.79 Å². The summed E-state index contributed by atoms with van der Waals surface area (Å²) in [5, 5.41) is 8.53. The molecule has 0 bridgehead atoms. The van der Waals surface area contributed by atoms with Gasteiger partial charge in [-0.2, -0.15) is 0 Å². The van der Waals surface area contributed by atoms with Crippen LogP contribution in [0, 0.1) is 0 Å². The molecule has 1 N–H and O–H groups in total. The Morgan fingerprint density at radius 1 is 1.45 bits per heavy atom. The van der Waals surface area contributed by atoms with Crippen LogP contribution < -0.4 is 0 Å². The summed E-state index contributed by atoms with van der Waals surface area (Å²) in [5.74, 6) is -0.766. The normalized spacial score (nSPS) is 18.0. The zero-order chi connectivity index (χ0) is 8.43. The van der Waals surface area contributed by atoms with Crippen LogP contribution in [-0.4, -0.2) is 41.1 Å². The van der Waals surface area contributed by atoms with E-state index < -0.39 is 5.97 Å². The van der Waals surface area contributed by atoms with Crippen LogP contribution in [0.1, 0.15) is 6.42 Å². The molecule has 0 radical (unpaired) electrons. The van der Waals surface area contributed by atoms with E-state index in [1.165, 1.54) is 0 Å². The van der Waals surface area contributed by atoms with Gasteiger partial charge in [-0.25, -0.2) is 0 Å². The third-order valence-electron chi connectivity index (χ3n) is 1.83. The van der Waals surface area contributed by atoms with Gasteiger partial charge in [-0.3, -0.25) is 4.79 Å². The Labute approximate surface area is 65.7 Å². The Morgan fingerprint density at radius 2 is 1.91 bits per heavy atom. The van der Waals surface area contributed by atoms with E-state index in [1.807, 2.05) is 36.3 Å². The lowest BCUT2D eigenvalue weighted by Crippen LogP contribution is -2.35. The lowest BCUT2D eigenvalue weighted by atomic mass is 10.3. The Balaban J connectivity index is 2.52. The molecule has 0 saturated carbocycles. The molecule has 0 spiro atoms. The van der Waals surface area contributed by atoms with E-state index in [-0.39, 0.29) is 12.6 Å². The molecular formula is C7H12N2O2. The van der Waals surface area contributed by atoms with Gasteiger partial charge in [-0.15, -0.1) is 0 Å². The molecule has 0 aliphatic carbocycles. The summed E-state index contributed by atoms with van der Waals surface area (Å²) < 4.78 is 0. The highest BCUT2D eigenvalue weighted by molar-refractivity contribution is 5.67. The first kappa shape index (κ1) is 7.91. The van der Waals surface area contributed by atoms with E-state index in [0.29, 0.717) is 0 Å². The van der Waals surface area contributed by atoms with Gasteiger partial charge in [0.15, 0.2) is 0 Å². The molecule has 0 aromatic carbocycles. The number of carboxylic acids is 1. The van der Waals surface area contributed by atoms with E-state index in [1.54, 1.807) is 0 Å². The van der Waals surface area contributed by atoms with Crippen LogP contribution in [0.15, 0.2) is 12.4 Å². The van der Waals surface area contributed by atoms with Gasteiger partial charge in [0.2, 0.25) is 0 Å². The average molecular weight is 156 g/mol. The number of carboxylic acid groups (broad SMARTS) is 1. The van der Waals surface area contributed by atoms with E-state index in [2.05, 4.69) is 0 Å². The summed E-state index contributed by atoms with van der Waals surface area (Å²) in [4.78, 5) is 14.1. The molecule has 0 fully saturated rings. The van der Waals surface area contributed by atoms with Crippen molar-refractivity contribution in [2.24, 2.45) is 0 Å². The number of rotatable bonds is 2. The molecule has 0 amide bonds. The summed E-state index contributed by atoms with van der Waals surface area (Å²) >= 11 is 0. The lowest BCUT2D eigenvalue weighted by molar-refractivity contribution is -0.139. The molecule has 0 aromatic rings. The van der Waals surface area contributed by atoms with E-state index in [4.69, 9.17) is 5.11 Å². The first-order valence-corrected chi connectivity index (χ1v) is 3.45. The fourth-order valence-electron chi connectivity index (χ4n) is 1.14. The summed E-state index contributed by atoms with van der Waals surface area (Å²) in [7, 11) is 3.74. The van der Waals surface area contributed by atoms with Gasteiger partial charge in [0.05, 0.1) is 6.42 Å². The van der Waals surface area contributed by atoms with Gasteiger partial charge >= 0.3 is 5.97 Å². The quantitative estimate of drug-likeness (QED) is 0.617. The van der Waals surface area contributed by atoms with Gasteiger partial charge in [0.25, 0.3) is 0 Å². The van der Waals surface area contributed by atoms with Gasteiger partial charge in [0.1, 0.15) is 6.17 Å². The van der Waals surface area contributed by atoms with Crippen LogP contribution in [0.2, 0.25) is 0 Å². The van der Waals surface area contributed by atoms with Crippen LogP contribution in [0.4, 0.5) is 0 Å². The minimum absolute atomic E-state index is 0.0208. The first-order valence-electron chi connectivity index (χ1n) is 3.45. The molecule has 0 unspecified atom stereocenters. The van der Waals surface area contributed by atoms with Crippen molar-refractivity contribution in [2.75, 3.05) is 14.1 Å². The Bertz CT molecular complexity index is 179. The molecule has 1 aliphatic rings. The van der Waals surface area contributed by atoms with Gasteiger partial charge in [0, 0.05) is 26.5 Å². The van der Waals surface area contributed by atoms with Crippen molar-refractivity contribution in [3.63, 3.8) is 0 Å². The van der Waals surface area contributed by atoms with E-state index >= 15 is 0 Å². The predicted octanol–water partition coefficient (Wildman–Crippen LogP) is 0.136. The zero-order valence-corrected chi connectivity index (χ0v) is 6.69. The fraction of sp³-hybridized carbons (Fsp3) is 0.571. The highest BCUT2D eigenvalue weighted by Gasteiger charge is 2.22. The third kappa shape index (κ3) is 1.63. The topological polar surface area (TPSA) is 43.8 Å². The second-order valence-electron chi connectivity index (χ2n) is 2.71. The van der Waals surface area contributed by atoms with Gasteiger partial charge < -0.3 is 14.9 Å². The van der Waals surface area contributed by atoms with Crippen molar-refractivity contribution in [3.05, 3.63) is 12.4 Å². The van der Waals surface area contributed by atoms with Crippen molar-refractivity contribution < 1.29 is 9.90 Å². The molecule has 0 atom stereocenters. The van der Waals surface area contributed by atoms with Crippen molar-refractivity contribution in [1.29, 1.82) is 0 Å².